The van der Waals surface area contributed by atoms with Gasteiger partial charge in [-0.3, -0.25) is 0 Å². The summed E-state index contributed by atoms with van der Waals surface area (Å²) in [6, 6.07) is 0. The van der Waals surface area contributed by atoms with E-state index in [0.29, 0.717) is 0 Å². The van der Waals surface area contributed by atoms with Crippen molar-refractivity contribution < 1.29 is 23.0 Å². The van der Waals surface area contributed by atoms with E-state index < -0.39 is 20.0 Å². The molecule has 0 aromatic heterocycles. The Morgan fingerprint density at radius 2 is 1.70 bits per heavy atom. The lowest BCUT2D eigenvalue weighted by atomic mass is 10.7. The zero-order chi connectivity index (χ0) is 7.82. The van der Waals surface area contributed by atoms with E-state index in [9.17, 15) is 8.78 Å². The van der Waals surface area contributed by atoms with Crippen LogP contribution >= 0.6 is 0 Å². The molecule has 0 amide bonds. The molecule has 0 saturated heterocycles. The standard InChI is InChI=1S/C5H10F2O3/c1-8-2-5(9-3-6)10-4-7/h5H,2-4H2,1H3. The molecule has 10 heavy (non-hydrogen) atoms. The molecule has 3 nitrogen and oxygen atoms in total. The predicted molar refractivity (Wildman–Crippen MR) is 29.8 cm³/mol. The molecule has 0 aliphatic carbocycles. The Hall–Kier alpha value is -0.260. The van der Waals surface area contributed by atoms with Crippen molar-refractivity contribution in [3.05, 3.63) is 0 Å². The van der Waals surface area contributed by atoms with E-state index in [4.69, 9.17) is 0 Å². The summed E-state index contributed by atoms with van der Waals surface area (Å²) in [7, 11) is 1.39. The van der Waals surface area contributed by atoms with Gasteiger partial charge in [-0.05, 0) is 0 Å². The second-order valence-corrected chi connectivity index (χ2v) is 1.44. The molecule has 0 aromatic carbocycles. The first kappa shape index (κ1) is 9.74. The van der Waals surface area contributed by atoms with Gasteiger partial charge in [-0.2, -0.15) is 0 Å². The maximum Gasteiger partial charge on any atom is 0.191 e. The SMILES string of the molecule is COCC(OCF)OCF. The second-order valence-electron chi connectivity index (χ2n) is 1.44. The van der Waals surface area contributed by atoms with E-state index in [1.165, 1.54) is 7.11 Å². The minimum absolute atomic E-state index is 0.0217. The van der Waals surface area contributed by atoms with Gasteiger partial charge in [0, 0.05) is 7.11 Å². The minimum Gasteiger partial charge on any atom is -0.379 e. The van der Waals surface area contributed by atoms with Gasteiger partial charge >= 0.3 is 0 Å². The molecule has 0 spiro atoms. The molecule has 0 bridgehead atoms. The van der Waals surface area contributed by atoms with Crippen molar-refractivity contribution in [2.45, 2.75) is 6.29 Å². The van der Waals surface area contributed by atoms with Crippen LogP contribution in [-0.2, 0) is 14.2 Å². The van der Waals surface area contributed by atoms with Gasteiger partial charge < -0.3 is 14.2 Å². The molecule has 62 valence electrons. The molecule has 0 fully saturated rings. The lowest BCUT2D eigenvalue weighted by Gasteiger charge is -2.12. The number of rotatable bonds is 6. The van der Waals surface area contributed by atoms with Crippen molar-refractivity contribution in [2.24, 2.45) is 0 Å². The summed E-state index contributed by atoms with van der Waals surface area (Å²) in [6.07, 6.45) is -0.944. The Morgan fingerprint density at radius 1 is 1.20 bits per heavy atom. The van der Waals surface area contributed by atoms with Crippen LogP contribution in [0.3, 0.4) is 0 Å². The molecule has 0 heterocycles. The number of ether oxygens (including phenoxy) is 3. The van der Waals surface area contributed by atoms with Crippen LogP contribution in [0.2, 0.25) is 0 Å². The van der Waals surface area contributed by atoms with Crippen molar-refractivity contribution in [1.82, 2.24) is 0 Å². The highest BCUT2D eigenvalue weighted by Gasteiger charge is 2.07. The maximum atomic E-state index is 11.4. The van der Waals surface area contributed by atoms with Crippen molar-refractivity contribution in [3.63, 3.8) is 0 Å². The largest absolute Gasteiger partial charge is 0.379 e. The Kier molecular flexibility index (Phi) is 6.68. The highest BCUT2D eigenvalue weighted by atomic mass is 19.1. The quantitative estimate of drug-likeness (QED) is 0.533. The zero-order valence-electron chi connectivity index (χ0n) is 5.68. The van der Waals surface area contributed by atoms with Gasteiger partial charge in [0.05, 0.1) is 6.61 Å². The van der Waals surface area contributed by atoms with Gasteiger partial charge in [-0.15, -0.1) is 0 Å². The summed E-state index contributed by atoms with van der Waals surface area (Å²) >= 11 is 0. The molecule has 0 rings (SSSR count). The first-order valence-corrected chi connectivity index (χ1v) is 2.69. The van der Waals surface area contributed by atoms with Crippen molar-refractivity contribution in [1.29, 1.82) is 0 Å². The van der Waals surface area contributed by atoms with Gasteiger partial charge in [0.1, 0.15) is 0 Å². The third-order valence-electron chi connectivity index (χ3n) is 0.801. The summed E-state index contributed by atoms with van der Waals surface area (Å²) in [4.78, 5) is 0. The fourth-order valence-corrected chi connectivity index (χ4v) is 0.421. The lowest BCUT2D eigenvalue weighted by Crippen LogP contribution is -2.22. The maximum absolute atomic E-state index is 11.4. The average Bonchev–Trinajstić information content (AvgIpc) is 1.90. The molecule has 5 heteroatoms. The Morgan fingerprint density at radius 3 is 2.00 bits per heavy atom. The molecular weight excluding hydrogens is 146 g/mol. The van der Waals surface area contributed by atoms with Gasteiger partial charge in [0.15, 0.2) is 20.0 Å². The molecule has 0 unspecified atom stereocenters. The van der Waals surface area contributed by atoms with E-state index in [-0.39, 0.29) is 6.61 Å². The van der Waals surface area contributed by atoms with Crippen molar-refractivity contribution >= 4 is 0 Å². The van der Waals surface area contributed by atoms with E-state index >= 15 is 0 Å². The Bertz CT molecular complexity index is 57.6. The Labute approximate surface area is 57.9 Å². The number of hydrogen-bond acceptors (Lipinski definition) is 3. The number of halogens is 2. The fraction of sp³-hybridized carbons (Fsp3) is 1.00. The van der Waals surface area contributed by atoms with Crippen LogP contribution in [0.5, 0.6) is 0 Å². The molecule has 0 N–H and O–H groups in total. The smallest absolute Gasteiger partial charge is 0.191 e. The van der Waals surface area contributed by atoms with Crippen LogP contribution in [-0.4, -0.2) is 33.7 Å². The van der Waals surface area contributed by atoms with Crippen LogP contribution in [0.1, 0.15) is 0 Å². The molecule has 0 aliphatic rings. The van der Waals surface area contributed by atoms with Gasteiger partial charge in [-0.25, -0.2) is 8.78 Å². The van der Waals surface area contributed by atoms with Gasteiger partial charge in [-0.1, -0.05) is 0 Å². The van der Waals surface area contributed by atoms with Crippen molar-refractivity contribution in [2.75, 3.05) is 27.4 Å². The predicted octanol–water partition coefficient (Wildman–Crippen LogP) is 0.846. The highest BCUT2D eigenvalue weighted by Crippen LogP contribution is 1.95. The van der Waals surface area contributed by atoms with Gasteiger partial charge in [0.25, 0.3) is 0 Å². The summed E-state index contributed by atoms with van der Waals surface area (Å²) in [5, 5.41) is 0. The van der Waals surface area contributed by atoms with Gasteiger partial charge in [0.2, 0.25) is 0 Å². The number of methoxy groups -OCH3 is 1. The molecule has 0 aliphatic heterocycles. The molecular formula is C5H10F2O3. The average molecular weight is 156 g/mol. The van der Waals surface area contributed by atoms with Crippen LogP contribution in [0.25, 0.3) is 0 Å². The van der Waals surface area contributed by atoms with Crippen LogP contribution in [0.4, 0.5) is 8.78 Å². The molecule has 0 aromatic rings. The summed E-state index contributed by atoms with van der Waals surface area (Å²) < 4.78 is 35.9. The second kappa shape index (κ2) is 6.85. The minimum atomic E-state index is -1.01. The normalized spacial score (nSPS) is 10.8. The fourth-order valence-electron chi connectivity index (χ4n) is 0.421. The molecule has 0 atom stereocenters. The summed E-state index contributed by atoms with van der Waals surface area (Å²) in [5.41, 5.74) is 0. The number of hydrogen-bond donors (Lipinski definition) is 0. The molecule has 0 saturated carbocycles. The number of alkyl halides is 2. The third kappa shape index (κ3) is 4.60. The Balaban J connectivity index is 3.30. The molecule has 0 radical (unpaired) electrons. The first-order chi connectivity index (χ1) is 4.85. The summed E-state index contributed by atoms with van der Waals surface area (Å²) in [5.74, 6) is 0. The van der Waals surface area contributed by atoms with Crippen LogP contribution < -0.4 is 0 Å². The summed E-state index contributed by atoms with van der Waals surface area (Å²) in [6.45, 7) is -1.99. The monoisotopic (exact) mass is 156 g/mol. The zero-order valence-corrected chi connectivity index (χ0v) is 5.68. The topological polar surface area (TPSA) is 27.7 Å². The highest BCUT2D eigenvalue weighted by molar-refractivity contribution is 4.36. The van der Waals surface area contributed by atoms with E-state index in [2.05, 4.69) is 14.2 Å². The first-order valence-electron chi connectivity index (χ1n) is 2.69. The lowest BCUT2D eigenvalue weighted by molar-refractivity contribution is -0.201. The van der Waals surface area contributed by atoms with Crippen molar-refractivity contribution in [3.8, 4) is 0 Å². The van der Waals surface area contributed by atoms with Crippen LogP contribution in [0.15, 0.2) is 0 Å². The van der Waals surface area contributed by atoms with E-state index in [1.54, 1.807) is 0 Å². The van der Waals surface area contributed by atoms with E-state index in [0.717, 1.165) is 0 Å². The third-order valence-corrected chi connectivity index (χ3v) is 0.801. The van der Waals surface area contributed by atoms with E-state index in [1.807, 2.05) is 0 Å². The van der Waals surface area contributed by atoms with Crippen LogP contribution in [0, 0.1) is 0 Å².